The van der Waals surface area contributed by atoms with E-state index in [-0.39, 0.29) is 0 Å². The van der Waals surface area contributed by atoms with E-state index in [0.29, 0.717) is 16.1 Å². The lowest BCUT2D eigenvalue weighted by Gasteiger charge is -2.25. The lowest BCUT2D eigenvalue weighted by molar-refractivity contribution is 0.609. The van der Waals surface area contributed by atoms with Crippen molar-refractivity contribution in [3.05, 3.63) is 48.5 Å². The van der Waals surface area contributed by atoms with Crippen LogP contribution in [0.4, 0.5) is 5.69 Å². The Bertz CT molecular complexity index is 588. The van der Waals surface area contributed by atoms with Crippen LogP contribution in [0.25, 0.3) is 0 Å². The molecule has 1 aromatic heterocycles. The maximum atomic E-state index is 6.28. The van der Waals surface area contributed by atoms with Crippen LogP contribution in [-0.2, 0) is 6.42 Å². The van der Waals surface area contributed by atoms with Gasteiger partial charge in [0.2, 0.25) is 0 Å². The van der Waals surface area contributed by atoms with E-state index < -0.39 is 0 Å². The molecule has 0 aliphatic heterocycles. The molecule has 19 heavy (non-hydrogen) atoms. The fraction of sp³-hybridized carbons (Fsp3) is 0.286. The molecular weight excluding hydrogens is 365 g/mol. The van der Waals surface area contributed by atoms with Crippen molar-refractivity contribution >= 4 is 56.2 Å². The SMILES string of the molecule is Clc1cc(Br)cc(Cl)c1NC1CCCc2sccc21. The van der Waals surface area contributed by atoms with E-state index in [1.54, 1.807) is 0 Å². The van der Waals surface area contributed by atoms with Gasteiger partial charge in [0.25, 0.3) is 0 Å². The predicted octanol–water partition coefficient (Wildman–Crippen LogP) is 6.31. The number of hydrogen-bond donors (Lipinski definition) is 1. The first-order valence-electron chi connectivity index (χ1n) is 6.12. The molecule has 1 heterocycles. The second kappa shape index (κ2) is 5.65. The normalized spacial score (nSPS) is 18.2. The van der Waals surface area contributed by atoms with Crippen molar-refractivity contribution in [1.82, 2.24) is 0 Å². The number of aryl methyl sites for hydroxylation is 1. The summed E-state index contributed by atoms with van der Waals surface area (Å²) >= 11 is 17.8. The van der Waals surface area contributed by atoms with E-state index in [1.807, 2.05) is 23.5 Å². The highest BCUT2D eigenvalue weighted by Crippen LogP contribution is 2.40. The number of nitrogens with one attached hydrogen (secondary N) is 1. The molecular formula is C14H12BrCl2NS. The van der Waals surface area contributed by atoms with Crippen LogP contribution in [0, 0.1) is 0 Å². The maximum absolute atomic E-state index is 6.28. The summed E-state index contributed by atoms with van der Waals surface area (Å²) in [5.74, 6) is 0. The Balaban J connectivity index is 1.92. The Labute approximate surface area is 135 Å². The molecule has 0 radical (unpaired) electrons. The van der Waals surface area contributed by atoms with Crippen molar-refractivity contribution in [1.29, 1.82) is 0 Å². The van der Waals surface area contributed by atoms with Gasteiger partial charge in [-0.3, -0.25) is 0 Å². The van der Waals surface area contributed by atoms with Crippen LogP contribution >= 0.6 is 50.5 Å². The lowest BCUT2D eigenvalue weighted by atomic mass is 9.94. The van der Waals surface area contributed by atoms with Gasteiger partial charge in [0.05, 0.1) is 21.8 Å². The molecule has 1 nitrogen and oxygen atoms in total. The number of fused-ring (bicyclic) bond motifs is 1. The van der Waals surface area contributed by atoms with Crippen LogP contribution in [0.1, 0.15) is 29.3 Å². The molecule has 100 valence electrons. The van der Waals surface area contributed by atoms with Crippen LogP contribution in [0.15, 0.2) is 28.1 Å². The third-order valence-electron chi connectivity index (χ3n) is 3.38. The van der Waals surface area contributed by atoms with Crippen molar-refractivity contribution in [2.45, 2.75) is 25.3 Å². The van der Waals surface area contributed by atoms with Crippen molar-refractivity contribution in [2.75, 3.05) is 5.32 Å². The van der Waals surface area contributed by atoms with E-state index >= 15 is 0 Å². The Morgan fingerprint density at radius 1 is 1.26 bits per heavy atom. The summed E-state index contributed by atoms with van der Waals surface area (Å²) in [6.07, 6.45) is 3.51. The molecule has 1 aliphatic carbocycles. The molecule has 1 aliphatic rings. The Kier molecular flexibility index (Phi) is 4.08. The lowest BCUT2D eigenvalue weighted by Crippen LogP contribution is -2.16. The van der Waals surface area contributed by atoms with Crippen LogP contribution in [0.5, 0.6) is 0 Å². The van der Waals surface area contributed by atoms with Crippen molar-refractivity contribution < 1.29 is 0 Å². The second-order valence-electron chi connectivity index (χ2n) is 4.63. The molecule has 5 heteroatoms. The molecule has 0 fully saturated rings. The average Bonchev–Trinajstić information content (AvgIpc) is 2.82. The minimum absolute atomic E-state index is 0.311. The van der Waals surface area contributed by atoms with Gasteiger partial charge < -0.3 is 5.32 Å². The Morgan fingerprint density at radius 3 is 2.74 bits per heavy atom. The monoisotopic (exact) mass is 375 g/mol. The molecule has 3 rings (SSSR count). The molecule has 1 unspecified atom stereocenters. The zero-order valence-electron chi connectivity index (χ0n) is 10.1. The third-order valence-corrected chi connectivity index (χ3v) is 5.43. The number of anilines is 1. The Morgan fingerprint density at radius 2 is 2.00 bits per heavy atom. The minimum Gasteiger partial charge on any atom is -0.376 e. The molecule has 0 saturated heterocycles. The summed E-state index contributed by atoms with van der Waals surface area (Å²) in [4.78, 5) is 1.48. The largest absolute Gasteiger partial charge is 0.376 e. The predicted molar refractivity (Wildman–Crippen MR) is 87.8 cm³/mol. The van der Waals surface area contributed by atoms with Crippen LogP contribution in [0.3, 0.4) is 0 Å². The van der Waals surface area contributed by atoms with Crippen LogP contribution in [0.2, 0.25) is 10.0 Å². The highest BCUT2D eigenvalue weighted by atomic mass is 79.9. The number of benzene rings is 1. The van der Waals surface area contributed by atoms with E-state index in [4.69, 9.17) is 23.2 Å². The summed E-state index contributed by atoms with van der Waals surface area (Å²) in [5, 5.41) is 6.98. The van der Waals surface area contributed by atoms with Crippen LogP contribution < -0.4 is 5.32 Å². The highest BCUT2D eigenvalue weighted by molar-refractivity contribution is 9.10. The molecule has 1 aromatic carbocycles. The van der Waals surface area contributed by atoms with E-state index in [1.165, 1.54) is 23.3 Å². The van der Waals surface area contributed by atoms with Gasteiger partial charge in [-0.15, -0.1) is 11.3 Å². The molecule has 2 aromatic rings. The minimum atomic E-state index is 0.311. The maximum Gasteiger partial charge on any atom is 0.0724 e. The van der Waals surface area contributed by atoms with E-state index in [9.17, 15) is 0 Å². The molecule has 0 spiro atoms. The van der Waals surface area contributed by atoms with Gasteiger partial charge in [0, 0.05) is 9.35 Å². The van der Waals surface area contributed by atoms with Gasteiger partial charge in [0.1, 0.15) is 0 Å². The number of halogens is 3. The first-order chi connectivity index (χ1) is 9.15. The van der Waals surface area contributed by atoms with E-state index in [2.05, 4.69) is 32.7 Å². The molecule has 0 amide bonds. The topological polar surface area (TPSA) is 12.0 Å². The number of thiophene rings is 1. The molecule has 0 bridgehead atoms. The van der Waals surface area contributed by atoms with Crippen molar-refractivity contribution in [3.8, 4) is 0 Å². The first kappa shape index (κ1) is 13.7. The summed E-state index contributed by atoms with van der Waals surface area (Å²) in [7, 11) is 0. The number of rotatable bonds is 2. The summed E-state index contributed by atoms with van der Waals surface area (Å²) in [5.41, 5.74) is 2.22. The smallest absolute Gasteiger partial charge is 0.0724 e. The van der Waals surface area contributed by atoms with Gasteiger partial charge in [-0.05, 0) is 48.4 Å². The summed E-state index contributed by atoms with van der Waals surface area (Å²) in [6.45, 7) is 0. The van der Waals surface area contributed by atoms with E-state index in [0.717, 1.165) is 16.6 Å². The quantitative estimate of drug-likeness (QED) is 0.647. The zero-order chi connectivity index (χ0) is 13.4. The van der Waals surface area contributed by atoms with Gasteiger partial charge in [-0.25, -0.2) is 0 Å². The Hall–Kier alpha value is -0.220. The molecule has 0 saturated carbocycles. The van der Waals surface area contributed by atoms with Gasteiger partial charge in [-0.2, -0.15) is 0 Å². The second-order valence-corrected chi connectivity index (χ2v) is 7.36. The van der Waals surface area contributed by atoms with Gasteiger partial charge in [0.15, 0.2) is 0 Å². The zero-order valence-corrected chi connectivity index (χ0v) is 14.0. The van der Waals surface area contributed by atoms with Crippen LogP contribution in [-0.4, -0.2) is 0 Å². The van der Waals surface area contributed by atoms with Crippen molar-refractivity contribution in [3.63, 3.8) is 0 Å². The fourth-order valence-corrected chi connectivity index (χ4v) is 4.80. The van der Waals surface area contributed by atoms with Crippen molar-refractivity contribution in [2.24, 2.45) is 0 Å². The summed E-state index contributed by atoms with van der Waals surface area (Å²) in [6, 6.07) is 6.25. The highest BCUT2D eigenvalue weighted by Gasteiger charge is 2.22. The summed E-state index contributed by atoms with van der Waals surface area (Å²) < 4.78 is 0.896. The van der Waals surface area contributed by atoms with Gasteiger partial charge >= 0.3 is 0 Å². The fourth-order valence-electron chi connectivity index (χ4n) is 2.49. The van der Waals surface area contributed by atoms with Gasteiger partial charge in [-0.1, -0.05) is 39.1 Å². The molecule has 1 N–H and O–H groups in total. The third kappa shape index (κ3) is 2.80. The average molecular weight is 377 g/mol. The molecule has 1 atom stereocenters. The number of hydrogen-bond acceptors (Lipinski definition) is 2. The standard InChI is InChI=1S/C14H12BrCl2NS/c15-8-6-10(16)14(11(17)7-8)18-12-2-1-3-13-9(12)4-5-19-13/h4-7,12,18H,1-3H2. The first-order valence-corrected chi connectivity index (χ1v) is 8.55.